The summed E-state index contributed by atoms with van der Waals surface area (Å²) in [6.07, 6.45) is 1.00. The van der Waals surface area contributed by atoms with E-state index in [1.807, 2.05) is 35.7 Å². The lowest BCUT2D eigenvalue weighted by molar-refractivity contribution is -0.385. The average molecular weight is 461 g/mol. The molecule has 2 atom stereocenters. The first-order valence-electron chi connectivity index (χ1n) is 10.6. The third kappa shape index (κ3) is 3.32. The topological polar surface area (TPSA) is 103 Å². The Hall–Kier alpha value is -3.85. The van der Waals surface area contributed by atoms with E-state index in [1.54, 1.807) is 17.4 Å². The number of thiophene rings is 1. The number of carbonyl (C=O) groups excluding carboxylic acids is 1. The van der Waals surface area contributed by atoms with Crippen molar-refractivity contribution >= 4 is 34.2 Å². The third-order valence-electron chi connectivity index (χ3n) is 6.28. The number of ketones is 1. The van der Waals surface area contributed by atoms with Crippen LogP contribution in [0.3, 0.4) is 0 Å². The van der Waals surface area contributed by atoms with Crippen molar-refractivity contribution in [1.82, 2.24) is 0 Å². The number of nitro groups is 1. The van der Waals surface area contributed by atoms with Crippen molar-refractivity contribution in [3.63, 3.8) is 0 Å². The van der Waals surface area contributed by atoms with Crippen LogP contribution in [-0.4, -0.2) is 17.5 Å². The van der Waals surface area contributed by atoms with Crippen molar-refractivity contribution in [1.29, 1.82) is 0 Å². The first kappa shape index (κ1) is 19.8. The molecule has 2 aromatic carbocycles. The minimum Gasteiger partial charge on any atom is -0.454 e. The van der Waals surface area contributed by atoms with Crippen LogP contribution in [0, 0.1) is 10.1 Å². The zero-order valence-corrected chi connectivity index (χ0v) is 18.2. The van der Waals surface area contributed by atoms with Crippen LogP contribution in [-0.2, 0) is 4.79 Å². The number of Topliss-reactive ketones (excluding diaryl/α,β-unsaturated/α-hetero) is 1. The summed E-state index contributed by atoms with van der Waals surface area (Å²) in [6, 6.07) is 14.0. The molecule has 3 aliphatic rings. The quantitative estimate of drug-likeness (QED) is 0.400. The summed E-state index contributed by atoms with van der Waals surface area (Å²) in [4.78, 5) is 26.3. The number of ether oxygens (including phenoxy) is 2. The molecule has 0 amide bonds. The van der Waals surface area contributed by atoms with E-state index in [-0.39, 0.29) is 24.2 Å². The Bertz CT molecular complexity index is 1320. The molecule has 6 rings (SSSR count). The van der Waals surface area contributed by atoms with E-state index in [2.05, 4.69) is 16.7 Å². The fourth-order valence-electron chi connectivity index (χ4n) is 4.79. The minimum absolute atomic E-state index is 0.00773. The van der Waals surface area contributed by atoms with Gasteiger partial charge in [0, 0.05) is 28.5 Å². The maximum atomic E-state index is 13.6. The van der Waals surface area contributed by atoms with Gasteiger partial charge in [-0.05, 0) is 36.1 Å². The monoisotopic (exact) mass is 461 g/mol. The van der Waals surface area contributed by atoms with Gasteiger partial charge in [0.2, 0.25) is 6.79 Å². The second kappa shape index (κ2) is 7.63. The molecule has 0 radical (unpaired) electrons. The van der Waals surface area contributed by atoms with Gasteiger partial charge in [0.15, 0.2) is 17.3 Å². The predicted molar refractivity (Wildman–Crippen MR) is 124 cm³/mol. The van der Waals surface area contributed by atoms with E-state index in [0.29, 0.717) is 35.5 Å². The molecule has 1 aliphatic carbocycles. The van der Waals surface area contributed by atoms with Gasteiger partial charge in [-0.25, -0.2) is 0 Å². The van der Waals surface area contributed by atoms with Crippen molar-refractivity contribution < 1.29 is 19.2 Å². The molecule has 8 nitrogen and oxygen atoms in total. The van der Waals surface area contributed by atoms with E-state index in [9.17, 15) is 14.9 Å². The number of rotatable bonds is 3. The van der Waals surface area contributed by atoms with Gasteiger partial charge in [-0.3, -0.25) is 14.9 Å². The molecule has 0 saturated carbocycles. The van der Waals surface area contributed by atoms with Gasteiger partial charge in [0.05, 0.1) is 34.0 Å². The molecular weight excluding hydrogens is 442 g/mol. The largest absolute Gasteiger partial charge is 0.454 e. The summed E-state index contributed by atoms with van der Waals surface area (Å²) in [5, 5.41) is 20.9. The van der Waals surface area contributed by atoms with Gasteiger partial charge in [0.1, 0.15) is 0 Å². The summed E-state index contributed by atoms with van der Waals surface area (Å²) in [6.45, 7) is 0.00773. The highest BCUT2D eigenvalue weighted by Crippen LogP contribution is 2.48. The molecule has 33 heavy (non-hydrogen) atoms. The first-order chi connectivity index (χ1) is 16.1. The predicted octanol–water partition coefficient (Wildman–Crippen LogP) is 5.36. The molecule has 0 fully saturated rings. The molecule has 9 heteroatoms. The number of allylic oxidation sites excluding steroid dienone is 1. The Kier molecular flexibility index (Phi) is 4.58. The number of para-hydroxylation sites is 2. The fraction of sp³-hybridized carbons (Fsp3) is 0.208. The summed E-state index contributed by atoms with van der Waals surface area (Å²) in [7, 11) is 0. The minimum atomic E-state index is -0.706. The Balaban J connectivity index is 1.53. The van der Waals surface area contributed by atoms with Crippen LogP contribution in [0.15, 0.2) is 65.2 Å². The highest BCUT2D eigenvalue weighted by molar-refractivity contribution is 7.10. The van der Waals surface area contributed by atoms with Gasteiger partial charge < -0.3 is 20.1 Å². The van der Waals surface area contributed by atoms with Crippen molar-refractivity contribution in [2.45, 2.75) is 24.8 Å². The molecule has 0 spiro atoms. The molecule has 3 aromatic rings. The van der Waals surface area contributed by atoms with Crippen LogP contribution in [0.4, 0.5) is 17.1 Å². The van der Waals surface area contributed by atoms with Crippen LogP contribution < -0.4 is 20.1 Å². The molecule has 0 bridgehead atoms. The number of hydrogen-bond donors (Lipinski definition) is 2. The maximum Gasteiger partial charge on any atom is 0.279 e. The lowest BCUT2D eigenvalue weighted by Gasteiger charge is -2.29. The van der Waals surface area contributed by atoms with Gasteiger partial charge in [-0.2, -0.15) is 0 Å². The SMILES string of the molecule is O=C1CC(c2cccs2)CC2=C1C(c1cc3c(cc1[N+](=O)[O-])OCO3)Nc1ccccc1N2. The van der Waals surface area contributed by atoms with Crippen molar-refractivity contribution in [3.8, 4) is 11.5 Å². The van der Waals surface area contributed by atoms with E-state index in [1.165, 1.54) is 6.07 Å². The Labute approximate surface area is 193 Å². The zero-order valence-electron chi connectivity index (χ0n) is 17.4. The number of nitro benzene ring substituents is 1. The van der Waals surface area contributed by atoms with Crippen LogP contribution in [0.2, 0.25) is 0 Å². The molecule has 3 heterocycles. The lowest BCUT2D eigenvalue weighted by Crippen LogP contribution is -2.27. The number of fused-ring (bicyclic) bond motifs is 2. The fourth-order valence-corrected chi connectivity index (χ4v) is 5.62. The first-order valence-corrected chi connectivity index (χ1v) is 11.5. The summed E-state index contributed by atoms with van der Waals surface area (Å²) < 4.78 is 10.9. The van der Waals surface area contributed by atoms with Crippen LogP contribution in [0.25, 0.3) is 0 Å². The van der Waals surface area contributed by atoms with E-state index < -0.39 is 11.0 Å². The smallest absolute Gasteiger partial charge is 0.279 e. The number of nitrogens with one attached hydrogen (secondary N) is 2. The molecular formula is C24H19N3O5S. The lowest BCUT2D eigenvalue weighted by atomic mass is 9.80. The number of carbonyl (C=O) groups is 1. The maximum absolute atomic E-state index is 13.6. The summed E-state index contributed by atoms with van der Waals surface area (Å²) in [5.74, 6) is 0.810. The van der Waals surface area contributed by atoms with Crippen LogP contribution in [0.1, 0.15) is 35.2 Å². The normalized spacial score (nSPS) is 20.9. The van der Waals surface area contributed by atoms with Crippen molar-refractivity contribution in [3.05, 3.63) is 85.7 Å². The third-order valence-corrected chi connectivity index (χ3v) is 7.32. The molecule has 2 aliphatic heterocycles. The molecule has 2 unspecified atom stereocenters. The second-order valence-corrected chi connectivity index (χ2v) is 9.18. The summed E-state index contributed by atoms with van der Waals surface area (Å²) in [5.41, 5.74) is 3.18. The number of hydrogen-bond acceptors (Lipinski definition) is 8. The zero-order chi connectivity index (χ0) is 22.5. The van der Waals surface area contributed by atoms with Gasteiger partial charge in [-0.1, -0.05) is 18.2 Å². The number of anilines is 2. The standard InChI is InChI=1S/C24H19N3O5S/c28-19-9-13(22-6-3-7-33-22)8-17-23(19)24(26-16-5-2-1-4-15(16)25-17)14-10-20-21(32-12-31-20)11-18(14)27(29)30/h1-7,10-11,13,24-26H,8-9,12H2. The van der Waals surface area contributed by atoms with E-state index >= 15 is 0 Å². The van der Waals surface area contributed by atoms with E-state index in [0.717, 1.165) is 21.9 Å². The highest BCUT2D eigenvalue weighted by atomic mass is 32.1. The number of benzene rings is 2. The van der Waals surface area contributed by atoms with Crippen LogP contribution in [0.5, 0.6) is 11.5 Å². The van der Waals surface area contributed by atoms with Crippen molar-refractivity contribution in [2.24, 2.45) is 0 Å². The van der Waals surface area contributed by atoms with Gasteiger partial charge in [-0.15, -0.1) is 11.3 Å². The van der Waals surface area contributed by atoms with Crippen molar-refractivity contribution in [2.75, 3.05) is 17.4 Å². The Morgan fingerprint density at radius 3 is 2.58 bits per heavy atom. The van der Waals surface area contributed by atoms with Crippen LogP contribution >= 0.6 is 11.3 Å². The Morgan fingerprint density at radius 1 is 1.03 bits per heavy atom. The van der Waals surface area contributed by atoms with E-state index in [4.69, 9.17) is 9.47 Å². The highest BCUT2D eigenvalue weighted by Gasteiger charge is 2.39. The average Bonchev–Trinajstić information content (AvgIpc) is 3.47. The second-order valence-electron chi connectivity index (χ2n) is 8.21. The Morgan fingerprint density at radius 2 is 1.82 bits per heavy atom. The number of nitrogens with zero attached hydrogens (tertiary/aromatic N) is 1. The molecule has 0 saturated heterocycles. The molecule has 2 N–H and O–H groups in total. The summed E-state index contributed by atoms with van der Waals surface area (Å²) >= 11 is 1.64. The van der Waals surface area contributed by atoms with Gasteiger partial charge >= 0.3 is 0 Å². The molecule has 166 valence electrons. The molecule has 1 aromatic heterocycles. The van der Waals surface area contributed by atoms with Gasteiger partial charge in [0.25, 0.3) is 5.69 Å².